The zero-order valence-corrected chi connectivity index (χ0v) is 12.7. The third kappa shape index (κ3) is 3.28. The molecule has 0 N–H and O–H groups in total. The van der Waals surface area contributed by atoms with E-state index in [1.807, 2.05) is 30.3 Å². The fourth-order valence-corrected chi connectivity index (χ4v) is 2.14. The van der Waals surface area contributed by atoms with Crippen molar-refractivity contribution in [2.24, 2.45) is 0 Å². The van der Waals surface area contributed by atoms with Crippen molar-refractivity contribution < 1.29 is 19.0 Å². The van der Waals surface area contributed by atoms with Crippen LogP contribution < -0.4 is 14.2 Å². The second-order valence-electron chi connectivity index (χ2n) is 4.57. The number of aldehydes is 1. The predicted octanol–water partition coefficient (Wildman–Crippen LogP) is 4.04. The summed E-state index contributed by atoms with van der Waals surface area (Å²) >= 11 is 0. The SMILES string of the molecule is C=CCc1ccccc1Oc1cc(C=O)cc(OC)c1OC. The van der Waals surface area contributed by atoms with Crippen LogP contribution in [0.15, 0.2) is 49.1 Å². The van der Waals surface area contributed by atoms with Crippen molar-refractivity contribution in [2.45, 2.75) is 6.42 Å². The normalized spacial score (nSPS) is 9.91. The predicted molar refractivity (Wildman–Crippen MR) is 85.4 cm³/mol. The van der Waals surface area contributed by atoms with Gasteiger partial charge < -0.3 is 14.2 Å². The van der Waals surface area contributed by atoms with E-state index in [1.165, 1.54) is 14.2 Å². The number of allylic oxidation sites excluding steroid dienone is 1. The Morgan fingerprint density at radius 3 is 2.41 bits per heavy atom. The van der Waals surface area contributed by atoms with Crippen molar-refractivity contribution in [2.75, 3.05) is 14.2 Å². The maximum absolute atomic E-state index is 11.1. The van der Waals surface area contributed by atoms with Crippen molar-refractivity contribution in [3.8, 4) is 23.0 Å². The average Bonchev–Trinajstić information content (AvgIpc) is 2.56. The zero-order valence-electron chi connectivity index (χ0n) is 12.7. The molecule has 0 bridgehead atoms. The Hall–Kier alpha value is -2.75. The van der Waals surface area contributed by atoms with Crippen molar-refractivity contribution in [1.82, 2.24) is 0 Å². The highest BCUT2D eigenvalue weighted by molar-refractivity contribution is 5.78. The molecule has 0 spiro atoms. The minimum Gasteiger partial charge on any atom is -0.493 e. The minimum absolute atomic E-state index is 0.431. The summed E-state index contributed by atoms with van der Waals surface area (Å²) in [6.45, 7) is 3.75. The summed E-state index contributed by atoms with van der Waals surface area (Å²) < 4.78 is 16.6. The number of para-hydroxylation sites is 1. The second-order valence-corrected chi connectivity index (χ2v) is 4.57. The van der Waals surface area contributed by atoms with Crippen LogP contribution in [-0.4, -0.2) is 20.5 Å². The number of benzene rings is 2. The largest absolute Gasteiger partial charge is 0.493 e. The van der Waals surface area contributed by atoms with Gasteiger partial charge in [-0.3, -0.25) is 4.79 Å². The Morgan fingerprint density at radius 1 is 1.05 bits per heavy atom. The van der Waals surface area contributed by atoms with E-state index >= 15 is 0 Å². The van der Waals surface area contributed by atoms with Gasteiger partial charge in [-0.15, -0.1) is 6.58 Å². The number of hydrogen-bond acceptors (Lipinski definition) is 4. The molecule has 4 heteroatoms. The molecule has 0 aliphatic carbocycles. The Labute approximate surface area is 129 Å². The molecule has 0 aromatic heterocycles. The topological polar surface area (TPSA) is 44.8 Å². The van der Waals surface area contributed by atoms with Crippen LogP contribution >= 0.6 is 0 Å². The lowest BCUT2D eigenvalue weighted by atomic mass is 10.1. The van der Waals surface area contributed by atoms with E-state index in [-0.39, 0.29) is 0 Å². The van der Waals surface area contributed by atoms with E-state index in [0.29, 0.717) is 35.0 Å². The molecule has 0 fully saturated rings. The van der Waals surface area contributed by atoms with Gasteiger partial charge in [-0.05, 0) is 30.2 Å². The highest BCUT2D eigenvalue weighted by Crippen LogP contribution is 2.41. The first kappa shape index (κ1) is 15.6. The van der Waals surface area contributed by atoms with Gasteiger partial charge in [-0.2, -0.15) is 0 Å². The molecule has 22 heavy (non-hydrogen) atoms. The van der Waals surface area contributed by atoms with E-state index in [1.54, 1.807) is 12.1 Å². The number of hydrogen-bond donors (Lipinski definition) is 0. The first-order valence-electron chi connectivity index (χ1n) is 6.81. The number of rotatable bonds is 7. The van der Waals surface area contributed by atoms with Gasteiger partial charge in [0.2, 0.25) is 5.75 Å². The average molecular weight is 298 g/mol. The first-order valence-corrected chi connectivity index (χ1v) is 6.81. The number of methoxy groups -OCH3 is 2. The number of ether oxygens (including phenoxy) is 3. The van der Waals surface area contributed by atoms with Gasteiger partial charge in [0.15, 0.2) is 11.5 Å². The quantitative estimate of drug-likeness (QED) is 0.571. The summed E-state index contributed by atoms with van der Waals surface area (Å²) in [5.74, 6) is 2.01. The molecule has 0 unspecified atom stereocenters. The second kappa shape index (κ2) is 7.31. The van der Waals surface area contributed by atoms with E-state index < -0.39 is 0 Å². The Balaban J connectivity index is 2.48. The Morgan fingerprint density at radius 2 is 1.77 bits per heavy atom. The lowest BCUT2D eigenvalue weighted by Gasteiger charge is -2.16. The summed E-state index contributed by atoms with van der Waals surface area (Å²) in [7, 11) is 3.04. The third-order valence-electron chi connectivity index (χ3n) is 3.16. The fraction of sp³-hybridized carbons (Fsp3) is 0.167. The van der Waals surface area contributed by atoms with Gasteiger partial charge in [0, 0.05) is 5.56 Å². The molecule has 2 rings (SSSR count). The molecule has 0 heterocycles. The monoisotopic (exact) mass is 298 g/mol. The van der Waals surface area contributed by atoms with E-state index in [2.05, 4.69) is 6.58 Å². The van der Waals surface area contributed by atoms with Crippen LogP contribution in [0.3, 0.4) is 0 Å². The molecule has 4 nitrogen and oxygen atoms in total. The van der Waals surface area contributed by atoms with Crippen molar-refractivity contribution in [3.63, 3.8) is 0 Å². The lowest BCUT2D eigenvalue weighted by molar-refractivity contribution is 0.112. The first-order chi connectivity index (χ1) is 10.7. The standard InChI is InChI=1S/C18H18O4/c1-4-7-14-8-5-6-9-15(14)22-17-11-13(12-19)10-16(20-2)18(17)21-3/h4-6,8-12H,1,7H2,2-3H3. The summed E-state index contributed by atoms with van der Waals surface area (Å²) in [5, 5.41) is 0. The van der Waals surface area contributed by atoms with Gasteiger partial charge >= 0.3 is 0 Å². The number of carbonyl (C=O) groups excluding carboxylic acids is 1. The summed E-state index contributed by atoms with van der Waals surface area (Å²) in [6.07, 6.45) is 3.23. The molecule has 0 amide bonds. The van der Waals surface area contributed by atoms with Crippen molar-refractivity contribution >= 4 is 6.29 Å². The van der Waals surface area contributed by atoms with Gasteiger partial charge in [-0.1, -0.05) is 24.3 Å². The highest BCUT2D eigenvalue weighted by atomic mass is 16.5. The molecule has 2 aromatic carbocycles. The minimum atomic E-state index is 0.431. The lowest BCUT2D eigenvalue weighted by Crippen LogP contribution is -1.98. The highest BCUT2D eigenvalue weighted by Gasteiger charge is 2.15. The van der Waals surface area contributed by atoms with E-state index in [0.717, 1.165) is 11.8 Å². The molecule has 0 saturated carbocycles. The van der Waals surface area contributed by atoms with E-state index in [4.69, 9.17) is 14.2 Å². The molecular formula is C18H18O4. The molecule has 114 valence electrons. The Kier molecular flexibility index (Phi) is 5.20. The molecule has 0 aliphatic rings. The maximum atomic E-state index is 11.1. The van der Waals surface area contributed by atoms with Crippen LogP contribution in [0.5, 0.6) is 23.0 Å². The number of carbonyl (C=O) groups is 1. The van der Waals surface area contributed by atoms with Crippen LogP contribution in [0.4, 0.5) is 0 Å². The third-order valence-corrected chi connectivity index (χ3v) is 3.16. The molecular weight excluding hydrogens is 280 g/mol. The van der Waals surface area contributed by atoms with Gasteiger partial charge in [0.05, 0.1) is 14.2 Å². The van der Waals surface area contributed by atoms with Crippen molar-refractivity contribution in [3.05, 3.63) is 60.2 Å². The van der Waals surface area contributed by atoms with Crippen LogP contribution in [0.1, 0.15) is 15.9 Å². The van der Waals surface area contributed by atoms with Crippen LogP contribution in [0.2, 0.25) is 0 Å². The summed E-state index contributed by atoms with van der Waals surface area (Å²) in [6, 6.07) is 10.9. The van der Waals surface area contributed by atoms with Crippen LogP contribution in [0.25, 0.3) is 0 Å². The van der Waals surface area contributed by atoms with Gasteiger partial charge in [0.1, 0.15) is 12.0 Å². The molecule has 2 aromatic rings. The van der Waals surface area contributed by atoms with Crippen LogP contribution in [-0.2, 0) is 6.42 Å². The molecule has 0 radical (unpaired) electrons. The fourth-order valence-electron chi connectivity index (χ4n) is 2.14. The van der Waals surface area contributed by atoms with Gasteiger partial charge in [0.25, 0.3) is 0 Å². The maximum Gasteiger partial charge on any atom is 0.203 e. The smallest absolute Gasteiger partial charge is 0.203 e. The zero-order chi connectivity index (χ0) is 15.9. The van der Waals surface area contributed by atoms with Gasteiger partial charge in [-0.25, -0.2) is 0 Å². The van der Waals surface area contributed by atoms with Crippen molar-refractivity contribution in [1.29, 1.82) is 0 Å². The summed E-state index contributed by atoms with van der Waals surface area (Å²) in [4.78, 5) is 11.1. The Bertz CT molecular complexity index is 677. The van der Waals surface area contributed by atoms with E-state index in [9.17, 15) is 4.79 Å². The van der Waals surface area contributed by atoms with Crippen LogP contribution in [0, 0.1) is 0 Å². The molecule has 0 aliphatic heterocycles. The molecule has 0 atom stereocenters. The molecule has 0 saturated heterocycles. The summed E-state index contributed by atoms with van der Waals surface area (Å²) in [5.41, 5.74) is 1.45.